The maximum Gasteiger partial charge on any atom is 0.320 e. The van der Waals surface area contributed by atoms with Gasteiger partial charge in [-0.3, -0.25) is 4.79 Å². The normalized spacial score (nSPS) is 18.7. The van der Waals surface area contributed by atoms with E-state index in [1.807, 2.05) is 10.3 Å². The summed E-state index contributed by atoms with van der Waals surface area (Å²) >= 11 is 1.64. The zero-order valence-electron chi connectivity index (χ0n) is 11.2. The van der Waals surface area contributed by atoms with Crippen LogP contribution in [0.15, 0.2) is 16.8 Å². The number of urea groups is 1. The third-order valence-electron chi connectivity index (χ3n) is 3.86. The van der Waals surface area contributed by atoms with Crippen LogP contribution in [0.25, 0.3) is 0 Å². The van der Waals surface area contributed by atoms with Crippen molar-refractivity contribution < 1.29 is 14.7 Å². The fourth-order valence-corrected chi connectivity index (χ4v) is 3.26. The lowest BCUT2D eigenvalue weighted by atomic mass is 9.97. The Kier molecular flexibility index (Phi) is 3.65. The van der Waals surface area contributed by atoms with E-state index in [1.54, 1.807) is 16.2 Å². The quantitative estimate of drug-likeness (QED) is 0.906. The van der Waals surface area contributed by atoms with Gasteiger partial charge in [-0.25, -0.2) is 4.79 Å². The SMILES string of the molecule is O=C(O)CC1CN(C(=O)N(Cc2ccsc2)C2CC2)C1. The van der Waals surface area contributed by atoms with Gasteiger partial charge in [-0.1, -0.05) is 0 Å². The number of likely N-dealkylation sites (tertiary alicyclic amines) is 1. The van der Waals surface area contributed by atoms with Crippen LogP contribution in [0.1, 0.15) is 24.8 Å². The lowest BCUT2D eigenvalue weighted by molar-refractivity contribution is -0.139. The molecule has 6 heteroatoms. The zero-order valence-corrected chi connectivity index (χ0v) is 12.0. The number of hydrogen-bond acceptors (Lipinski definition) is 3. The van der Waals surface area contributed by atoms with Gasteiger partial charge in [0.1, 0.15) is 0 Å². The minimum absolute atomic E-state index is 0.0698. The molecule has 1 aromatic rings. The molecule has 0 aromatic carbocycles. The van der Waals surface area contributed by atoms with Crippen LogP contribution in [-0.2, 0) is 11.3 Å². The summed E-state index contributed by atoms with van der Waals surface area (Å²) in [7, 11) is 0. The summed E-state index contributed by atoms with van der Waals surface area (Å²) in [5.74, 6) is -0.655. The number of nitrogens with zero attached hydrogens (tertiary/aromatic N) is 2. The van der Waals surface area contributed by atoms with Crippen LogP contribution in [0.5, 0.6) is 0 Å². The molecule has 1 saturated carbocycles. The highest BCUT2D eigenvalue weighted by atomic mass is 32.1. The molecular weight excluding hydrogens is 276 g/mol. The third-order valence-corrected chi connectivity index (χ3v) is 4.59. The number of carbonyl (C=O) groups is 2. The van der Waals surface area contributed by atoms with E-state index in [-0.39, 0.29) is 18.4 Å². The van der Waals surface area contributed by atoms with E-state index < -0.39 is 5.97 Å². The Bertz CT molecular complexity index is 493. The Balaban J connectivity index is 1.56. The van der Waals surface area contributed by atoms with E-state index in [9.17, 15) is 9.59 Å². The molecule has 3 rings (SSSR count). The number of carboxylic acid groups (broad SMARTS) is 1. The highest BCUT2D eigenvalue weighted by molar-refractivity contribution is 7.07. The third kappa shape index (κ3) is 2.95. The molecule has 108 valence electrons. The van der Waals surface area contributed by atoms with Gasteiger partial charge in [-0.2, -0.15) is 11.3 Å². The molecule has 2 amide bonds. The molecule has 1 aliphatic heterocycles. The molecule has 1 aliphatic carbocycles. The molecule has 0 bridgehead atoms. The summed E-state index contributed by atoms with van der Waals surface area (Å²) in [5, 5.41) is 12.8. The Morgan fingerprint density at radius 3 is 2.70 bits per heavy atom. The summed E-state index contributed by atoms with van der Waals surface area (Å²) < 4.78 is 0. The molecule has 0 atom stereocenters. The van der Waals surface area contributed by atoms with E-state index in [0.717, 1.165) is 12.8 Å². The number of thiophene rings is 1. The molecule has 2 heterocycles. The minimum atomic E-state index is -0.778. The molecular formula is C14H18N2O3S. The molecule has 0 unspecified atom stereocenters. The van der Waals surface area contributed by atoms with Crippen LogP contribution in [-0.4, -0.2) is 46.0 Å². The fourth-order valence-electron chi connectivity index (χ4n) is 2.60. The van der Waals surface area contributed by atoms with Crippen molar-refractivity contribution in [3.63, 3.8) is 0 Å². The number of carbonyl (C=O) groups excluding carboxylic acids is 1. The predicted molar refractivity (Wildman–Crippen MR) is 75.6 cm³/mol. The van der Waals surface area contributed by atoms with Crippen LogP contribution in [0, 0.1) is 5.92 Å². The average Bonchev–Trinajstić information content (AvgIpc) is 3.06. The van der Waals surface area contributed by atoms with Gasteiger partial charge in [0.15, 0.2) is 0 Å². The molecule has 5 nitrogen and oxygen atoms in total. The van der Waals surface area contributed by atoms with Gasteiger partial charge in [0.25, 0.3) is 0 Å². The molecule has 20 heavy (non-hydrogen) atoms. The van der Waals surface area contributed by atoms with E-state index in [1.165, 1.54) is 5.56 Å². The summed E-state index contributed by atoms with van der Waals surface area (Å²) in [6, 6.07) is 2.50. The summed E-state index contributed by atoms with van der Waals surface area (Å²) in [6.07, 6.45) is 2.34. The van der Waals surface area contributed by atoms with Gasteiger partial charge >= 0.3 is 12.0 Å². The number of carboxylic acids is 1. The van der Waals surface area contributed by atoms with E-state index in [2.05, 4.69) is 11.4 Å². The molecule has 1 aromatic heterocycles. The predicted octanol–water partition coefficient (Wildman–Crippen LogP) is 2.24. The molecule has 2 aliphatic rings. The Labute approximate surface area is 121 Å². The van der Waals surface area contributed by atoms with Crippen LogP contribution >= 0.6 is 11.3 Å². The van der Waals surface area contributed by atoms with Crippen molar-refractivity contribution in [1.82, 2.24) is 9.80 Å². The standard InChI is InChI=1S/C14H18N2O3S/c17-13(18)5-11-6-15(7-11)14(19)16(12-1-2-12)8-10-3-4-20-9-10/h3-4,9,11-12H,1-2,5-8H2,(H,17,18). The van der Waals surface area contributed by atoms with Crippen molar-refractivity contribution in [3.8, 4) is 0 Å². The molecule has 1 saturated heterocycles. The fraction of sp³-hybridized carbons (Fsp3) is 0.571. The second-order valence-electron chi connectivity index (χ2n) is 5.64. The molecule has 0 spiro atoms. The largest absolute Gasteiger partial charge is 0.481 e. The van der Waals surface area contributed by atoms with Gasteiger partial charge in [0, 0.05) is 31.6 Å². The van der Waals surface area contributed by atoms with Crippen molar-refractivity contribution >= 4 is 23.3 Å². The van der Waals surface area contributed by atoms with Gasteiger partial charge in [-0.05, 0) is 35.2 Å². The summed E-state index contributed by atoms with van der Waals surface area (Å²) in [5.41, 5.74) is 1.18. The molecule has 2 fully saturated rings. The summed E-state index contributed by atoms with van der Waals surface area (Å²) in [6.45, 7) is 1.84. The van der Waals surface area contributed by atoms with Crippen molar-refractivity contribution in [2.45, 2.75) is 31.8 Å². The van der Waals surface area contributed by atoms with E-state index in [0.29, 0.717) is 25.7 Å². The maximum atomic E-state index is 12.5. The van der Waals surface area contributed by atoms with Crippen molar-refractivity contribution in [2.24, 2.45) is 5.92 Å². The van der Waals surface area contributed by atoms with Gasteiger partial charge in [-0.15, -0.1) is 0 Å². The lowest BCUT2D eigenvalue weighted by Crippen LogP contribution is -2.55. The second-order valence-corrected chi connectivity index (χ2v) is 6.42. The lowest BCUT2D eigenvalue weighted by Gasteiger charge is -2.41. The number of hydrogen-bond donors (Lipinski definition) is 1. The van der Waals surface area contributed by atoms with Crippen molar-refractivity contribution in [2.75, 3.05) is 13.1 Å². The second kappa shape index (κ2) is 5.44. The molecule has 0 radical (unpaired) electrons. The van der Waals surface area contributed by atoms with Crippen LogP contribution < -0.4 is 0 Å². The maximum absolute atomic E-state index is 12.5. The Morgan fingerprint density at radius 2 is 2.15 bits per heavy atom. The van der Waals surface area contributed by atoms with Gasteiger partial charge in [0.2, 0.25) is 0 Å². The first kappa shape index (κ1) is 13.4. The van der Waals surface area contributed by atoms with Crippen molar-refractivity contribution in [3.05, 3.63) is 22.4 Å². The zero-order chi connectivity index (χ0) is 14.1. The number of amides is 2. The number of rotatable bonds is 5. The van der Waals surface area contributed by atoms with Crippen LogP contribution in [0.4, 0.5) is 4.79 Å². The minimum Gasteiger partial charge on any atom is -0.481 e. The van der Waals surface area contributed by atoms with Crippen LogP contribution in [0.3, 0.4) is 0 Å². The first-order chi connectivity index (χ1) is 9.63. The highest BCUT2D eigenvalue weighted by Crippen LogP contribution is 2.31. The first-order valence-corrected chi connectivity index (χ1v) is 7.86. The topological polar surface area (TPSA) is 60.9 Å². The van der Waals surface area contributed by atoms with Gasteiger partial charge < -0.3 is 14.9 Å². The highest BCUT2D eigenvalue weighted by Gasteiger charge is 2.39. The van der Waals surface area contributed by atoms with E-state index >= 15 is 0 Å². The smallest absolute Gasteiger partial charge is 0.320 e. The average molecular weight is 294 g/mol. The van der Waals surface area contributed by atoms with E-state index in [4.69, 9.17) is 5.11 Å². The first-order valence-electron chi connectivity index (χ1n) is 6.92. The van der Waals surface area contributed by atoms with Crippen LogP contribution in [0.2, 0.25) is 0 Å². The number of aliphatic carboxylic acids is 1. The Morgan fingerprint density at radius 1 is 1.40 bits per heavy atom. The monoisotopic (exact) mass is 294 g/mol. The molecule has 1 N–H and O–H groups in total. The Hall–Kier alpha value is -1.56. The van der Waals surface area contributed by atoms with Gasteiger partial charge in [0.05, 0.1) is 6.42 Å². The van der Waals surface area contributed by atoms with Crippen molar-refractivity contribution in [1.29, 1.82) is 0 Å². The summed E-state index contributed by atoms with van der Waals surface area (Å²) in [4.78, 5) is 26.8.